The maximum Gasteiger partial charge on any atom is 0.407 e. The van der Waals surface area contributed by atoms with Crippen LogP contribution in [0, 0.1) is 9.62 Å². The molecule has 1 fully saturated rings. The monoisotopic (exact) mass is 524 g/mol. The van der Waals surface area contributed by atoms with Crippen LogP contribution in [-0.2, 0) is 6.54 Å². The zero-order chi connectivity index (χ0) is 20.4. The standard InChI is InChI=1S/C21H22ClIN4O2/c22-18-17-19(23)25-20(27(17)11-10-24-18)16-8-6-15(7-9-16)13-26(21(28)29)12-14-4-2-1-3-5-14/h1-5,10-11,15-16H,6-9,12-13H2,(H,28,29). The van der Waals surface area contributed by atoms with Gasteiger partial charge in [-0.15, -0.1) is 0 Å². The molecular formula is C21H22ClIN4O2. The van der Waals surface area contributed by atoms with Crippen LogP contribution < -0.4 is 0 Å². The van der Waals surface area contributed by atoms with Gasteiger partial charge in [0.2, 0.25) is 0 Å². The molecule has 1 aliphatic rings. The predicted octanol–water partition coefficient (Wildman–Crippen LogP) is 5.44. The van der Waals surface area contributed by atoms with Gasteiger partial charge in [0, 0.05) is 31.4 Å². The van der Waals surface area contributed by atoms with Crippen LogP contribution in [0.25, 0.3) is 5.52 Å². The van der Waals surface area contributed by atoms with Gasteiger partial charge < -0.3 is 10.0 Å². The Hall–Kier alpha value is -1.87. The van der Waals surface area contributed by atoms with Crippen LogP contribution in [0.5, 0.6) is 0 Å². The lowest BCUT2D eigenvalue weighted by molar-refractivity contribution is 0.126. The van der Waals surface area contributed by atoms with Crippen molar-refractivity contribution in [3.63, 3.8) is 0 Å². The van der Waals surface area contributed by atoms with Crippen LogP contribution in [0.15, 0.2) is 42.7 Å². The number of hydrogen-bond acceptors (Lipinski definition) is 3. The molecule has 1 N–H and O–H groups in total. The molecule has 0 bridgehead atoms. The number of amides is 1. The molecule has 6 nitrogen and oxygen atoms in total. The molecule has 1 amide bonds. The number of carboxylic acid groups (broad SMARTS) is 1. The maximum absolute atomic E-state index is 11.7. The highest BCUT2D eigenvalue weighted by molar-refractivity contribution is 14.1. The van der Waals surface area contributed by atoms with E-state index in [0.29, 0.717) is 30.1 Å². The van der Waals surface area contributed by atoms with Gasteiger partial charge in [0.15, 0.2) is 5.15 Å². The molecule has 0 atom stereocenters. The van der Waals surface area contributed by atoms with Crippen LogP contribution in [0.3, 0.4) is 0 Å². The number of aromatic nitrogens is 3. The zero-order valence-electron chi connectivity index (χ0n) is 15.8. The average Bonchev–Trinajstić information content (AvgIpc) is 3.06. The summed E-state index contributed by atoms with van der Waals surface area (Å²) in [4.78, 5) is 22.2. The van der Waals surface area contributed by atoms with Crippen molar-refractivity contribution in [3.05, 3.63) is 63.0 Å². The molecule has 152 valence electrons. The first kappa shape index (κ1) is 20.4. The van der Waals surface area contributed by atoms with Gasteiger partial charge in [0.25, 0.3) is 0 Å². The number of rotatable bonds is 5. The van der Waals surface area contributed by atoms with E-state index in [1.807, 2.05) is 36.5 Å². The first-order chi connectivity index (χ1) is 14.0. The van der Waals surface area contributed by atoms with E-state index in [9.17, 15) is 9.90 Å². The molecule has 8 heteroatoms. The second-order valence-electron chi connectivity index (χ2n) is 7.56. The third-order valence-corrected chi connectivity index (χ3v) is 6.70. The van der Waals surface area contributed by atoms with Crippen molar-refractivity contribution in [3.8, 4) is 0 Å². The molecule has 2 heterocycles. The van der Waals surface area contributed by atoms with Crippen LogP contribution in [0.2, 0.25) is 5.15 Å². The molecule has 29 heavy (non-hydrogen) atoms. The maximum atomic E-state index is 11.7. The number of halogens is 2. The number of carbonyl (C=O) groups is 1. The molecule has 0 saturated heterocycles. The summed E-state index contributed by atoms with van der Waals surface area (Å²) in [6.45, 7) is 1.01. The minimum absolute atomic E-state index is 0.355. The average molecular weight is 525 g/mol. The van der Waals surface area contributed by atoms with Crippen molar-refractivity contribution in [1.29, 1.82) is 0 Å². The Bertz CT molecular complexity index is 1000. The quantitative estimate of drug-likeness (QED) is 0.451. The molecule has 1 aliphatic carbocycles. The highest BCUT2D eigenvalue weighted by Gasteiger charge is 2.28. The molecule has 0 aliphatic heterocycles. The Morgan fingerprint density at radius 3 is 2.66 bits per heavy atom. The normalized spacial score (nSPS) is 19.4. The molecular weight excluding hydrogens is 503 g/mol. The van der Waals surface area contributed by atoms with Crippen LogP contribution in [0.4, 0.5) is 4.79 Å². The number of benzene rings is 1. The van der Waals surface area contributed by atoms with E-state index in [4.69, 9.17) is 16.6 Å². The minimum Gasteiger partial charge on any atom is -0.465 e. The number of imidazole rings is 1. The number of hydrogen-bond donors (Lipinski definition) is 1. The van der Waals surface area contributed by atoms with E-state index in [2.05, 4.69) is 32.0 Å². The predicted molar refractivity (Wildman–Crippen MR) is 120 cm³/mol. The minimum atomic E-state index is -0.855. The smallest absolute Gasteiger partial charge is 0.407 e. The van der Waals surface area contributed by atoms with E-state index in [1.165, 1.54) is 0 Å². The van der Waals surface area contributed by atoms with Crippen LogP contribution in [-0.4, -0.2) is 37.0 Å². The Kier molecular flexibility index (Phi) is 6.24. The van der Waals surface area contributed by atoms with Gasteiger partial charge in [-0.05, 0) is 59.8 Å². The summed E-state index contributed by atoms with van der Waals surface area (Å²) in [5.74, 6) is 1.77. The van der Waals surface area contributed by atoms with E-state index >= 15 is 0 Å². The Labute approximate surface area is 188 Å². The fourth-order valence-electron chi connectivity index (χ4n) is 4.20. The summed E-state index contributed by atoms with van der Waals surface area (Å²) in [5.41, 5.74) is 1.89. The van der Waals surface area contributed by atoms with Gasteiger partial charge in [0.05, 0.1) is 0 Å². The third kappa shape index (κ3) is 4.50. The number of fused-ring (bicyclic) bond motifs is 1. The summed E-state index contributed by atoms with van der Waals surface area (Å²) < 4.78 is 2.93. The fourth-order valence-corrected chi connectivity index (χ4v) is 5.36. The number of nitrogens with zero attached hydrogens (tertiary/aromatic N) is 4. The zero-order valence-corrected chi connectivity index (χ0v) is 18.8. The fraction of sp³-hybridized carbons (Fsp3) is 0.381. The lowest BCUT2D eigenvalue weighted by Crippen LogP contribution is -2.35. The van der Waals surface area contributed by atoms with Crippen molar-refractivity contribution in [2.24, 2.45) is 5.92 Å². The van der Waals surface area contributed by atoms with Crippen LogP contribution in [0.1, 0.15) is 43.0 Å². The second kappa shape index (κ2) is 8.87. The van der Waals surface area contributed by atoms with Gasteiger partial charge >= 0.3 is 6.09 Å². The molecule has 1 aromatic carbocycles. The summed E-state index contributed by atoms with van der Waals surface area (Å²) in [7, 11) is 0. The van der Waals surface area contributed by atoms with E-state index < -0.39 is 6.09 Å². The third-order valence-electron chi connectivity index (χ3n) is 5.67. The molecule has 0 unspecified atom stereocenters. The Morgan fingerprint density at radius 2 is 1.97 bits per heavy atom. The summed E-state index contributed by atoms with van der Waals surface area (Å²) in [6, 6.07) is 9.77. The van der Waals surface area contributed by atoms with Gasteiger partial charge in [-0.2, -0.15) is 0 Å². The molecule has 0 radical (unpaired) electrons. The van der Waals surface area contributed by atoms with Crippen molar-refractivity contribution >= 4 is 45.8 Å². The molecule has 3 aromatic rings. The first-order valence-corrected chi connectivity index (χ1v) is 11.2. The van der Waals surface area contributed by atoms with Gasteiger partial charge in [-0.3, -0.25) is 4.40 Å². The van der Waals surface area contributed by atoms with Crippen molar-refractivity contribution in [2.45, 2.75) is 38.1 Å². The SMILES string of the molecule is O=C(O)N(Cc1ccccc1)CC1CCC(c2nc(I)c3c(Cl)nccn23)CC1. The van der Waals surface area contributed by atoms with Gasteiger partial charge in [-0.1, -0.05) is 41.9 Å². The Balaban J connectivity index is 1.42. The lowest BCUT2D eigenvalue weighted by Gasteiger charge is -2.31. The largest absolute Gasteiger partial charge is 0.465 e. The first-order valence-electron chi connectivity index (χ1n) is 9.72. The topological polar surface area (TPSA) is 70.7 Å². The molecule has 0 spiro atoms. The molecule has 4 rings (SSSR count). The van der Waals surface area contributed by atoms with Crippen LogP contribution >= 0.6 is 34.2 Å². The van der Waals surface area contributed by atoms with E-state index in [-0.39, 0.29) is 0 Å². The van der Waals surface area contributed by atoms with Crippen molar-refractivity contribution in [1.82, 2.24) is 19.3 Å². The highest BCUT2D eigenvalue weighted by atomic mass is 127. The van der Waals surface area contributed by atoms with E-state index in [1.54, 1.807) is 11.1 Å². The molecule has 1 saturated carbocycles. The van der Waals surface area contributed by atoms with Gasteiger partial charge in [-0.25, -0.2) is 14.8 Å². The Morgan fingerprint density at radius 1 is 1.24 bits per heavy atom. The second-order valence-corrected chi connectivity index (χ2v) is 8.94. The highest BCUT2D eigenvalue weighted by Crippen LogP contribution is 2.37. The lowest BCUT2D eigenvalue weighted by atomic mass is 9.81. The van der Waals surface area contributed by atoms with Crippen molar-refractivity contribution in [2.75, 3.05) is 6.54 Å². The summed E-state index contributed by atoms with van der Waals surface area (Å²) >= 11 is 8.46. The molecule has 2 aromatic heterocycles. The van der Waals surface area contributed by atoms with Gasteiger partial charge in [0.1, 0.15) is 15.0 Å². The summed E-state index contributed by atoms with van der Waals surface area (Å²) in [6.07, 6.45) is 6.76. The summed E-state index contributed by atoms with van der Waals surface area (Å²) in [5, 5.41) is 10.1. The van der Waals surface area contributed by atoms with E-state index in [0.717, 1.165) is 46.3 Å². The van der Waals surface area contributed by atoms with Crippen molar-refractivity contribution < 1.29 is 9.90 Å².